The first-order valence-electron chi connectivity index (χ1n) is 8.87. The van der Waals surface area contributed by atoms with Gasteiger partial charge >= 0.3 is 0 Å². The summed E-state index contributed by atoms with van der Waals surface area (Å²) >= 11 is 0. The molecule has 0 spiro atoms. The lowest BCUT2D eigenvalue weighted by Gasteiger charge is -2.23. The van der Waals surface area contributed by atoms with Gasteiger partial charge in [0, 0.05) is 12.0 Å². The van der Waals surface area contributed by atoms with Crippen molar-refractivity contribution in [2.24, 2.45) is 28.7 Å². The maximum atomic E-state index is 10.4. The molecule has 2 N–H and O–H groups in total. The summed E-state index contributed by atoms with van der Waals surface area (Å²) < 4.78 is 5.23. The number of aliphatic hydroxyl groups excluding tert-OH is 1. The molecule has 0 amide bonds. The average molecular weight is 314 g/mol. The lowest BCUT2D eigenvalue weighted by Crippen LogP contribution is -2.33. The maximum absolute atomic E-state index is 10.4. The quantitative estimate of drug-likeness (QED) is 0.835. The van der Waals surface area contributed by atoms with Crippen LogP contribution in [0.5, 0.6) is 5.75 Å². The van der Waals surface area contributed by atoms with E-state index >= 15 is 0 Å². The van der Waals surface area contributed by atoms with E-state index in [2.05, 4.69) is 12.2 Å². The van der Waals surface area contributed by atoms with E-state index in [1.165, 1.54) is 32.1 Å². The van der Waals surface area contributed by atoms with Crippen molar-refractivity contribution in [1.82, 2.24) is 0 Å². The van der Waals surface area contributed by atoms with E-state index in [0.717, 1.165) is 40.6 Å². The number of methoxy groups -OCH3 is 1. The zero-order valence-corrected chi connectivity index (χ0v) is 14.0. The Labute approximate surface area is 138 Å². The number of fused-ring (bicyclic) bond motifs is 1. The topological polar surface area (TPSA) is 53.8 Å². The second kappa shape index (κ2) is 5.82. The van der Waals surface area contributed by atoms with Crippen molar-refractivity contribution in [1.29, 1.82) is 0 Å². The summed E-state index contributed by atoms with van der Waals surface area (Å²) in [4.78, 5) is 4.73. The van der Waals surface area contributed by atoms with Gasteiger partial charge in [-0.2, -0.15) is 0 Å². The molecule has 5 atom stereocenters. The molecule has 4 nitrogen and oxygen atoms in total. The molecule has 0 bridgehead atoms. The van der Waals surface area contributed by atoms with Gasteiger partial charge in [-0.1, -0.05) is 19.8 Å². The number of hydrogen-bond donors (Lipinski definition) is 2. The van der Waals surface area contributed by atoms with Crippen LogP contribution in [-0.4, -0.2) is 24.2 Å². The molecule has 1 aromatic carbocycles. The Morgan fingerprint density at radius 2 is 2.04 bits per heavy atom. The number of nitrogens with zero attached hydrogens (tertiary/aromatic N) is 1. The smallest absolute Gasteiger partial charge is 0.164 e. The number of benzene rings is 1. The van der Waals surface area contributed by atoms with Gasteiger partial charge in [0.25, 0.3) is 0 Å². The standard InChI is InChI=1S/C19H26N2O2/c1-11-8-12(11)4-3-5-13-9-15(13)18-19(22)21-17-10-14(23-2)6-7-16(17)20-18/h6-7,10-13,15,19,21-22H,3-5,8-9H2,1-2H3/t11?,12-,13?,15?,19?/m1/s1. The van der Waals surface area contributed by atoms with Crippen LogP contribution in [0.4, 0.5) is 11.4 Å². The highest BCUT2D eigenvalue weighted by Crippen LogP contribution is 2.48. The third kappa shape index (κ3) is 3.09. The van der Waals surface area contributed by atoms with Crippen molar-refractivity contribution in [2.45, 2.75) is 45.3 Å². The van der Waals surface area contributed by atoms with Crippen LogP contribution < -0.4 is 10.1 Å². The largest absolute Gasteiger partial charge is 0.497 e. The van der Waals surface area contributed by atoms with Crippen molar-refractivity contribution in [3.63, 3.8) is 0 Å². The first-order chi connectivity index (χ1) is 11.2. The molecule has 0 saturated heterocycles. The molecule has 2 fully saturated rings. The van der Waals surface area contributed by atoms with Crippen molar-refractivity contribution >= 4 is 17.1 Å². The molecule has 0 aromatic heterocycles. The molecule has 1 aromatic rings. The Kier molecular flexibility index (Phi) is 3.80. The van der Waals surface area contributed by atoms with Crippen LogP contribution in [0, 0.1) is 23.7 Å². The van der Waals surface area contributed by atoms with E-state index < -0.39 is 6.23 Å². The number of anilines is 1. The molecule has 2 saturated carbocycles. The highest BCUT2D eigenvalue weighted by atomic mass is 16.5. The second-order valence-electron chi connectivity index (χ2n) is 7.47. The van der Waals surface area contributed by atoms with E-state index in [1.54, 1.807) is 7.11 Å². The van der Waals surface area contributed by atoms with E-state index in [-0.39, 0.29) is 0 Å². The third-order valence-electron chi connectivity index (χ3n) is 5.75. The Hall–Kier alpha value is -1.55. The predicted octanol–water partition coefficient (Wildman–Crippen LogP) is 3.97. The van der Waals surface area contributed by atoms with E-state index in [0.29, 0.717) is 5.92 Å². The van der Waals surface area contributed by atoms with Crippen molar-refractivity contribution in [3.8, 4) is 5.75 Å². The molecule has 4 rings (SSSR count). The van der Waals surface area contributed by atoms with Gasteiger partial charge in [0.2, 0.25) is 0 Å². The lowest BCUT2D eigenvalue weighted by atomic mass is 10.0. The van der Waals surface area contributed by atoms with Crippen LogP contribution in [-0.2, 0) is 0 Å². The normalized spacial score (nSPS) is 34.2. The molecular weight excluding hydrogens is 288 g/mol. The number of aliphatic imine (C=N–C) groups is 1. The Bertz CT molecular complexity index is 628. The minimum Gasteiger partial charge on any atom is -0.497 e. The molecule has 0 radical (unpaired) electrons. The van der Waals surface area contributed by atoms with Gasteiger partial charge in [-0.3, -0.25) is 4.99 Å². The molecular formula is C19H26N2O2. The van der Waals surface area contributed by atoms with Crippen LogP contribution in [0.25, 0.3) is 0 Å². The average Bonchev–Trinajstić information content (AvgIpc) is 3.45. The fourth-order valence-electron chi connectivity index (χ4n) is 3.93. The molecule has 3 aliphatic rings. The van der Waals surface area contributed by atoms with Gasteiger partial charge in [-0.25, -0.2) is 0 Å². The van der Waals surface area contributed by atoms with Crippen molar-refractivity contribution in [2.75, 3.05) is 12.4 Å². The molecule has 4 unspecified atom stereocenters. The lowest BCUT2D eigenvalue weighted by molar-refractivity contribution is 0.265. The summed E-state index contributed by atoms with van der Waals surface area (Å²) in [5.41, 5.74) is 2.68. The summed E-state index contributed by atoms with van der Waals surface area (Å²) in [6.07, 6.45) is 5.97. The fourth-order valence-corrected chi connectivity index (χ4v) is 3.93. The molecule has 2 aliphatic carbocycles. The Morgan fingerprint density at radius 3 is 2.78 bits per heavy atom. The predicted molar refractivity (Wildman–Crippen MR) is 92.4 cm³/mol. The third-order valence-corrected chi connectivity index (χ3v) is 5.75. The van der Waals surface area contributed by atoms with Gasteiger partial charge in [0.15, 0.2) is 6.23 Å². The van der Waals surface area contributed by atoms with Crippen LogP contribution in [0.3, 0.4) is 0 Å². The Morgan fingerprint density at radius 1 is 1.26 bits per heavy atom. The first-order valence-corrected chi connectivity index (χ1v) is 8.87. The summed E-state index contributed by atoms with van der Waals surface area (Å²) in [6.45, 7) is 2.36. The molecule has 1 aliphatic heterocycles. The van der Waals surface area contributed by atoms with Gasteiger partial charge in [0.05, 0.1) is 24.2 Å². The first kappa shape index (κ1) is 15.0. The fraction of sp³-hybridized carbons (Fsp3) is 0.632. The summed E-state index contributed by atoms with van der Waals surface area (Å²) in [6, 6.07) is 5.76. The van der Waals surface area contributed by atoms with Gasteiger partial charge < -0.3 is 15.2 Å². The number of hydrogen-bond acceptors (Lipinski definition) is 4. The number of nitrogens with one attached hydrogen (secondary N) is 1. The molecule has 1 heterocycles. The van der Waals surface area contributed by atoms with E-state index in [9.17, 15) is 5.11 Å². The second-order valence-corrected chi connectivity index (χ2v) is 7.47. The number of ether oxygens (including phenoxy) is 1. The molecule has 124 valence electrons. The minimum atomic E-state index is -0.659. The Balaban J connectivity index is 1.37. The summed E-state index contributed by atoms with van der Waals surface area (Å²) in [5.74, 6) is 3.92. The van der Waals surface area contributed by atoms with Gasteiger partial charge in [-0.05, 0) is 49.1 Å². The monoisotopic (exact) mass is 314 g/mol. The zero-order valence-electron chi connectivity index (χ0n) is 14.0. The van der Waals surface area contributed by atoms with Crippen molar-refractivity contribution < 1.29 is 9.84 Å². The van der Waals surface area contributed by atoms with Gasteiger partial charge in [-0.15, -0.1) is 0 Å². The van der Waals surface area contributed by atoms with Crippen LogP contribution >= 0.6 is 0 Å². The van der Waals surface area contributed by atoms with Crippen LogP contribution in [0.15, 0.2) is 23.2 Å². The summed E-state index contributed by atoms with van der Waals surface area (Å²) in [5, 5.41) is 13.5. The highest BCUT2D eigenvalue weighted by Gasteiger charge is 2.44. The molecule has 4 heteroatoms. The number of rotatable bonds is 6. The van der Waals surface area contributed by atoms with E-state index in [1.807, 2.05) is 18.2 Å². The van der Waals surface area contributed by atoms with Crippen LogP contribution in [0.1, 0.15) is 39.0 Å². The zero-order chi connectivity index (χ0) is 16.0. The van der Waals surface area contributed by atoms with Crippen LogP contribution in [0.2, 0.25) is 0 Å². The highest BCUT2D eigenvalue weighted by molar-refractivity contribution is 6.00. The van der Waals surface area contributed by atoms with Gasteiger partial charge in [0.1, 0.15) is 5.75 Å². The van der Waals surface area contributed by atoms with E-state index in [4.69, 9.17) is 9.73 Å². The maximum Gasteiger partial charge on any atom is 0.164 e. The molecule has 23 heavy (non-hydrogen) atoms. The number of aliphatic hydroxyl groups is 1. The summed E-state index contributed by atoms with van der Waals surface area (Å²) in [7, 11) is 1.65. The SMILES string of the molecule is COc1ccc2c(c1)NC(O)C(C1CC1CCC[C@@H]1CC1C)=N2. The van der Waals surface area contributed by atoms with Crippen molar-refractivity contribution in [3.05, 3.63) is 18.2 Å². The minimum absolute atomic E-state index is 0.462.